The van der Waals surface area contributed by atoms with Gasteiger partial charge < -0.3 is 15.5 Å². The average molecular weight is 264 g/mol. The molecule has 1 saturated heterocycles. The first kappa shape index (κ1) is 13.6. The largest absolute Gasteiger partial charge is 0.398 e. The fourth-order valence-electron chi connectivity index (χ4n) is 2.65. The fraction of sp³-hybridized carbons (Fsp3) is 0.538. The minimum absolute atomic E-state index is 0.0554. The average Bonchev–Trinajstić information content (AvgIpc) is 2.49. The molecule has 1 atom stereocenters. The van der Waals surface area contributed by atoms with E-state index in [1.807, 2.05) is 6.07 Å². The summed E-state index contributed by atoms with van der Waals surface area (Å²) in [5, 5.41) is 10.9. The molecule has 1 aromatic carbocycles. The van der Waals surface area contributed by atoms with Crippen molar-refractivity contribution < 1.29 is 4.92 Å². The van der Waals surface area contributed by atoms with Crippen molar-refractivity contribution in [2.45, 2.75) is 19.4 Å². The number of nitrogen functional groups attached to an aromatic ring is 1. The first-order chi connectivity index (χ1) is 8.97. The molecular formula is C13H20N4O2. The van der Waals surface area contributed by atoms with Crippen LogP contribution in [0.5, 0.6) is 0 Å². The molecular weight excluding hydrogens is 244 g/mol. The van der Waals surface area contributed by atoms with Crippen LogP contribution in [0.4, 0.5) is 17.1 Å². The van der Waals surface area contributed by atoms with Crippen LogP contribution in [0.15, 0.2) is 18.2 Å². The zero-order chi connectivity index (χ0) is 14.0. The third-order valence-electron chi connectivity index (χ3n) is 3.51. The molecule has 2 N–H and O–H groups in total. The van der Waals surface area contributed by atoms with E-state index in [9.17, 15) is 10.1 Å². The molecule has 6 heteroatoms. The first-order valence-electron chi connectivity index (χ1n) is 6.47. The van der Waals surface area contributed by atoms with E-state index < -0.39 is 4.92 Å². The number of benzene rings is 1. The van der Waals surface area contributed by atoms with Gasteiger partial charge in [-0.1, -0.05) is 0 Å². The van der Waals surface area contributed by atoms with E-state index in [1.165, 1.54) is 6.07 Å². The fourth-order valence-corrected chi connectivity index (χ4v) is 2.65. The van der Waals surface area contributed by atoms with Crippen LogP contribution in [-0.4, -0.2) is 42.5 Å². The monoisotopic (exact) mass is 264 g/mol. The lowest BCUT2D eigenvalue weighted by molar-refractivity contribution is -0.384. The Hall–Kier alpha value is -1.82. The maximum absolute atomic E-state index is 10.9. The van der Waals surface area contributed by atoms with Crippen molar-refractivity contribution in [3.8, 4) is 0 Å². The smallest absolute Gasteiger partial charge is 0.273 e. The summed E-state index contributed by atoms with van der Waals surface area (Å²) in [6.07, 6.45) is 1.05. The van der Waals surface area contributed by atoms with Gasteiger partial charge in [-0.2, -0.15) is 0 Å². The Morgan fingerprint density at radius 2 is 2.11 bits per heavy atom. The quantitative estimate of drug-likeness (QED) is 0.500. The van der Waals surface area contributed by atoms with E-state index in [0.29, 0.717) is 11.7 Å². The molecule has 1 fully saturated rings. The number of hydrogen-bond donors (Lipinski definition) is 1. The highest BCUT2D eigenvalue weighted by atomic mass is 16.6. The van der Waals surface area contributed by atoms with Gasteiger partial charge in [0.1, 0.15) is 0 Å². The lowest BCUT2D eigenvalue weighted by atomic mass is 10.2. The summed E-state index contributed by atoms with van der Waals surface area (Å²) in [7, 11) is 2.10. The maximum atomic E-state index is 10.9. The zero-order valence-electron chi connectivity index (χ0n) is 11.4. The van der Waals surface area contributed by atoms with E-state index in [1.54, 1.807) is 6.07 Å². The molecule has 1 aliphatic heterocycles. The number of nitrogens with zero attached hydrogens (tertiary/aromatic N) is 3. The molecule has 1 aromatic rings. The molecule has 0 radical (unpaired) electrons. The van der Waals surface area contributed by atoms with Gasteiger partial charge in [0.05, 0.1) is 4.92 Å². The number of non-ortho nitro benzene ring substituents is 1. The van der Waals surface area contributed by atoms with Crippen LogP contribution in [0.25, 0.3) is 0 Å². The van der Waals surface area contributed by atoms with Crippen LogP contribution in [0.3, 0.4) is 0 Å². The van der Waals surface area contributed by atoms with E-state index >= 15 is 0 Å². The minimum atomic E-state index is -0.394. The number of nitrogens with two attached hydrogens (primary N) is 1. The first-order valence-corrected chi connectivity index (χ1v) is 6.47. The Kier molecular flexibility index (Phi) is 3.90. The van der Waals surface area contributed by atoms with Crippen molar-refractivity contribution in [1.82, 2.24) is 4.90 Å². The van der Waals surface area contributed by atoms with Crippen LogP contribution in [0.2, 0.25) is 0 Å². The van der Waals surface area contributed by atoms with Gasteiger partial charge in [-0.15, -0.1) is 0 Å². The number of hydrogen-bond acceptors (Lipinski definition) is 5. The zero-order valence-corrected chi connectivity index (χ0v) is 11.4. The lowest BCUT2D eigenvalue weighted by Gasteiger charge is -2.30. The number of nitro benzene ring substituents is 1. The van der Waals surface area contributed by atoms with Crippen molar-refractivity contribution in [2.24, 2.45) is 0 Å². The van der Waals surface area contributed by atoms with Crippen molar-refractivity contribution in [3.05, 3.63) is 28.3 Å². The Morgan fingerprint density at radius 1 is 1.37 bits per heavy atom. The standard InChI is InChI=1S/C13H20N4O2/c1-10-9-15(2)4-3-5-16(10)12-6-11(14)7-13(8-12)17(18)19/h6-8,10H,3-5,9,14H2,1-2H3. The van der Waals surface area contributed by atoms with Gasteiger partial charge in [-0.05, 0) is 33.0 Å². The highest BCUT2D eigenvalue weighted by molar-refractivity contribution is 5.63. The molecule has 6 nitrogen and oxygen atoms in total. The molecule has 0 bridgehead atoms. The van der Waals surface area contributed by atoms with Gasteiger partial charge in [0.15, 0.2) is 0 Å². The summed E-state index contributed by atoms with van der Waals surface area (Å²) in [6, 6.07) is 5.14. The molecule has 0 aliphatic carbocycles. The molecule has 1 aliphatic rings. The normalized spacial score (nSPS) is 21.2. The van der Waals surface area contributed by atoms with Crippen LogP contribution < -0.4 is 10.6 Å². The minimum Gasteiger partial charge on any atom is -0.398 e. The lowest BCUT2D eigenvalue weighted by Crippen LogP contribution is -2.37. The number of likely N-dealkylation sites (N-methyl/N-ethyl adjacent to an activating group) is 1. The second kappa shape index (κ2) is 5.44. The molecule has 19 heavy (non-hydrogen) atoms. The van der Waals surface area contributed by atoms with Crippen molar-refractivity contribution in [1.29, 1.82) is 0 Å². The summed E-state index contributed by atoms with van der Waals surface area (Å²) < 4.78 is 0. The third-order valence-corrected chi connectivity index (χ3v) is 3.51. The maximum Gasteiger partial charge on any atom is 0.273 e. The van der Waals surface area contributed by atoms with Crippen LogP contribution in [-0.2, 0) is 0 Å². The van der Waals surface area contributed by atoms with Gasteiger partial charge in [0, 0.05) is 42.6 Å². The molecule has 0 spiro atoms. The van der Waals surface area contributed by atoms with Crippen LogP contribution in [0.1, 0.15) is 13.3 Å². The molecule has 2 rings (SSSR count). The number of anilines is 2. The topological polar surface area (TPSA) is 75.6 Å². The van der Waals surface area contributed by atoms with Crippen LogP contribution in [0, 0.1) is 10.1 Å². The van der Waals surface area contributed by atoms with Crippen molar-refractivity contribution >= 4 is 17.1 Å². The summed E-state index contributed by atoms with van der Waals surface area (Å²) in [6.45, 7) is 5.02. The predicted molar refractivity (Wildman–Crippen MR) is 76.4 cm³/mol. The Balaban J connectivity index is 2.31. The van der Waals surface area contributed by atoms with Gasteiger partial charge >= 0.3 is 0 Å². The van der Waals surface area contributed by atoms with E-state index in [4.69, 9.17) is 5.73 Å². The predicted octanol–water partition coefficient (Wildman–Crippen LogP) is 1.71. The van der Waals surface area contributed by atoms with Crippen molar-refractivity contribution in [2.75, 3.05) is 37.3 Å². The third kappa shape index (κ3) is 3.14. The van der Waals surface area contributed by atoms with Gasteiger partial charge in [-0.25, -0.2) is 0 Å². The molecule has 0 amide bonds. The molecule has 0 aromatic heterocycles. The Bertz CT molecular complexity index is 478. The van der Waals surface area contributed by atoms with Crippen LogP contribution >= 0.6 is 0 Å². The molecule has 0 saturated carbocycles. The number of nitro groups is 1. The van der Waals surface area contributed by atoms with E-state index in [2.05, 4.69) is 23.8 Å². The highest BCUT2D eigenvalue weighted by Gasteiger charge is 2.21. The Labute approximate surface area is 112 Å². The van der Waals surface area contributed by atoms with Gasteiger partial charge in [0.2, 0.25) is 0 Å². The van der Waals surface area contributed by atoms with E-state index in [0.717, 1.165) is 31.7 Å². The SMILES string of the molecule is CC1CN(C)CCCN1c1cc(N)cc([N+](=O)[O-])c1. The second-order valence-electron chi connectivity index (χ2n) is 5.20. The molecule has 1 unspecified atom stereocenters. The van der Waals surface area contributed by atoms with E-state index in [-0.39, 0.29) is 5.69 Å². The summed E-state index contributed by atoms with van der Waals surface area (Å²) in [4.78, 5) is 15.0. The summed E-state index contributed by atoms with van der Waals surface area (Å²) in [5.74, 6) is 0. The molecule has 1 heterocycles. The molecule has 104 valence electrons. The Morgan fingerprint density at radius 3 is 2.79 bits per heavy atom. The van der Waals surface area contributed by atoms with Crippen molar-refractivity contribution in [3.63, 3.8) is 0 Å². The highest BCUT2D eigenvalue weighted by Crippen LogP contribution is 2.27. The van der Waals surface area contributed by atoms with Gasteiger partial charge in [-0.3, -0.25) is 10.1 Å². The second-order valence-corrected chi connectivity index (χ2v) is 5.20. The number of rotatable bonds is 2. The summed E-state index contributed by atoms with van der Waals surface area (Å²) >= 11 is 0. The summed E-state index contributed by atoms with van der Waals surface area (Å²) in [5.41, 5.74) is 7.11. The van der Waals surface area contributed by atoms with Gasteiger partial charge in [0.25, 0.3) is 5.69 Å².